The first kappa shape index (κ1) is 28.7. The fraction of sp³-hybridized carbons (Fsp3) is 0.478. The minimum Gasteiger partial charge on any atom is -0.496 e. The van der Waals surface area contributed by atoms with Crippen molar-refractivity contribution < 1.29 is 32.9 Å². The predicted molar refractivity (Wildman–Crippen MR) is 117 cm³/mol. The average molecular weight is 446 g/mol. The van der Waals surface area contributed by atoms with Crippen molar-refractivity contribution in [3.05, 3.63) is 47.0 Å². The van der Waals surface area contributed by atoms with Crippen molar-refractivity contribution in [1.29, 1.82) is 0 Å². The van der Waals surface area contributed by atoms with Crippen LogP contribution >= 0.6 is 0 Å². The number of aliphatic hydroxyl groups excluding tert-OH is 2. The molecule has 0 saturated heterocycles. The molecule has 5 nitrogen and oxygen atoms in total. The molecule has 0 heterocycles. The first-order valence-corrected chi connectivity index (χ1v) is 10.2. The summed E-state index contributed by atoms with van der Waals surface area (Å²) < 4.78 is 46.1. The fourth-order valence-electron chi connectivity index (χ4n) is 2.85. The Morgan fingerprint density at radius 1 is 1.10 bits per heavy atom. The van der Waals surface area contributed by atoms with E-state index in [1.165, 1.54) is 37.8 Å². The smallest absolute Gasteiger partial charge is 0.496 e. The van der Waals surface area contributed by atoms with Crippen molar-refractivity contribution in [3.8, 4) is 22.6 Å². The minimum absolute atomic E-state index is 0.0886. The third kappa shape index (κ3) is 8.40. The number of alkyl halides is 3. The molecule has 0 radical (unpaired) electrons. The lowest BCUT2D eigenvalue weighted by Crippen LogP contribution is -2.17. The minimum atomic E-state index is -4.75. The zero-order valence-electron chi connectivity index (χ0n) is 19.0. The van der Waals surface area contributed by atoms with Gasteiger partial charge >= 0.3 is 6.36 Å². The Labute approximate surface area is 182 Å². The van der Waals surface area contributed by atoms with Gasteiger partial charge in [0.1, 0.15) is 17.6 Å². The van der Waals surface area contributed by atoms with Crippen molar-refractivity contribution in [3.63, 3.8) is 0 Å². The predicted octanol–water partition coefficient (Wildman–Crippen LogP) is 5.50. The summed E-state index contributed by atoms with van der Waals surface area (Å²) in [6.07, 6.45) is -4.66. The lowest BCUT2D eigenvalue weighted by molar-refractivity contribution is -0.274. The normalized spacial score (nSPS) is 11.5. The number of nitrogens with two attached hydrogens (primary N) is 1. The fourth-order valence-corrected chi connectivity index (χ4v) is 2.85. The zero-order valence-corrected chi connectivity index (χ0v) is 19.0. The first-order chi connectivity index (χ1) is 14.6. The van der Waals surface area contributed by atoms with Gasteiger partial charge in [-0.1, -0.05) is 46.2 Å². The van der Waals surface area contributed by atoms with Crippen molar-refractivity contribution >= 4 is 0 Å². The van der Waals surface area contributed by atoms with Crippen LogP contribution in [0, 0.1) is 6.92 Å². The van der Waals surface area contributed by atoms with Crippen molar-refractivity contribution in [2.24, 2.45) is 5.73 Å². The quantitative estimate of drug-likeness (QED) is 0.547. The number of ether oxygens (including phenoxy) is 2. The molecular weight excluding hydrogens is 411 g/mol. The maximum absolute atomic E-state index is 12.3. The van der Waals surface area contributed by atoms with Crippen molar-refractivity contribution in [2.75, 3.05) is 13.7 Å². The molecule has 0 fully saturated rings. The highest BCUT2D eigenvalue weighted by Crippen LogP contribution is 2.39. The van der Waals surface area contributed by atoms with Gasteiger partial charge in [-0.15, -0.1) is 13.2 Å². The number of hydrogen-bond acceptors (Lipinski definition) is 5. The summed E-state index contributed by atoms with van der Waals surface area (Å²) in [7, 11) is 1.43. The second-order valence-electron chi connectivity index (χ2n) is 6.34. The molecule has 0 spiro atoms. The van der Waals surface area contributed by atoms with Gasteiger partial charge in [-0.25, -0.2) is 0 Å². The number of aliphatic hydroxyl groups is 2. The molecule has 31 heavy (non-hydrogen) atoms. The maximum atomic E-state index is 12.3. The standard InChI is InChI=1S/C18H20F3NO4.C3H8.C2H6/c1-10-14(11-3-5-13(6-4-11)26-18(19,20)21)7-12(8-22)16(15(24)9-23)17(10)25-2;1-3-2;1-2/h3-7,15,23-24H,8-9,22H2,1-2H3;3H2,1-2H3;1-2H3. The molecule has 0 aliphatic heterocycles. The monoisotopic (exact) mass is 445 g/mol. The molecule has 0 aromatic heterocycles. The Balaban J connectivity index is 0.00000165. The molecule has 0 saturated carbocycles. The SMILES string of the molecule is CC.CCC.COc1c(C)c(-c2ccc(OC(F)(F)F)cc2)cc(CN)c1C(O)CO. The number of methoxy groups -OCH3 is 1. The van der Waals surface area contributed by atoms with Crippen LogP contribution in [-0.4, -0.2) is 30.3 Å². The van der Waals surface area contributed by atoms with Crippen LogP contribution in [0.15, 0.2) is 30.3 Å². The largest absolute Gasteiger partial charge is 0.573 e. The van der Waals surface area contributed by atoms with E-state index in [1.54, 1.807) is 13.0 Å². The van der Waals surface area contributed by atoms with E-state index in [9.17, 15) is 23.4 Å². The first-order valence-electron chi connectivity index (χ1n) is 10.2. The lowest BCUT2D eigenvalue weighted by Gasteiger charge is -2.22. The molecule has 0 aliphatic rings. The van der Waals surface area contributed by atoms with Gasteiger partial charge in [-0.05, 0) is 47.4 Å². The van der Waals surface area contributed by atoms with Crippen LogP contribution in [0.2, 0.25) is 0 Å². The van der Waals surface area contributed by atoms with E-state index < -0.39 is 19.1 Å². The maximum Gasteiger partial charge on any atom is 0.573 e. The van der Waals surface area contributed by atoms with E-state index in [0.29, 0.717) is 33.6 Å². The highest BCUT2D eigenvalue weighted by molar-refractivity contribution is 5.73. The van der Waals surface area contributed by atoms with Gasteiger partial charge < -0.3 is 25.4 Å². The molecule has 0 bridgehead atoms. The summed E-state index contributed by atoms with van der Waals surface area (Å²) >= 11 is 0. The van der Waals surface area contributed by atoms with Crippen LogP contribution in [-0.2, 0) is 6.54 Å². The topological polar surface area (TPSA) is 84.9 Å². The Bertz CT molecular complexity index is 778. The Kier molecular flexibility index (Phi) is 12.9. The van der Waals surface area contributed by atoms with Gasteiger partial charge in [0.05, 0.1) is 13.7 Å². The van der Waals surface area contributed by atoms with Gasteiger partial charge in [0.25, 0.3) is 0 Å². The summed E-state index contributed by atoms with van der Waals surface area (Å²) in [6, 6.07) is 7.14. The van der Waals surface area contributed by atoms with Gasteiger partial charge in [0.15, 0.2) is 0 Å². The molecule has 2 aromatic rings. The van der Waals surface area contributed by atoms with Gasteiger partial charge in [0, 0.05) is 12.1 Å². The summed E-state index contributed by atoms with van der Waals surface area (Å²) in [5, 5.41) is 19.4. The molecule has 0 amide bonds. The molecular formula is C23H34F3NO4. The average Bonchev–Trinajstić information content (AvgIpc) is 2.74. The third-order valence-corrected chi connectivity index (χ3v) is 3.98. The highest BCUT2D eigenvalue weighted by Gasteiger charge is 2.31. The molecule has 0 aliphatic carbocycles. The van der Waals surface area contributed by atoms with Crippen LogP contribution in [0.5, 0.6) is 11.5 Å². The summed E-state index contributed by atoms with van der Waals surface area (Å²) in [6.45, 7) is 9.60. The van der Waals surface area contributed by atoms with Crippen LogP contribution in [0.4, 0.5) is 13.2 Å². The van der Waals surface area contributed by atoms with E-state index >= 15 is 0 Å². The van der Waals surface area contributed by atoms with E-state index in [1.807, 2.05) is 13.8 Å². The number of hydrogen-bond donors (Lipinski definition) is 3. The number of rotatable bonds is 6. The van der Waals surface area contributed by atoms with E-state index in [-0.39, 0.29) is 12.3 Å². The number of benzene rings is 2. The van der Waals surface area contributed by atoms with Crippen LogP contribution in [0.1, 0.15) is 56.9 Å². The molecule has 2 rings (SSSR count). The van der Waals surface area contributed by atoms with Crippen LogP contribution in [0.3, 0.4) is 0 Å². The lowest BCUT2D eigenvalue weighted by atomic mass is 9.91. The van der Waals surface area contributed by atoms with E-state index in [0.717, 1.165) is 0 Å². The molecule has 176 valence electrons. The van der Waals surface area contributed by atoms with Crippen molar-refractivity contribution in [2.45, 2.75) is 60.1 Å². The van der Waals surface area contributed by atoms with Crippen molar-refractivity contribution in [1.82, 2.24) is 0 Å². The zero-order chi connectivity index (χ0) is 24.2. The second kappa shape index (κ2) is 13.9. The summed E-state index contributed by atoms with van der Waals surface area (Å²) in [5.74, 6) is 0.0531. The molecule has 2 aromatic carbocycles. The highest BCUT2D eigenvalue weighted by atomic mass is 19.4. The van der Waals surface area contributed by atoms with E-state index in [4.69, 9.17) is 10.5 Å². The Morgan fingerprint density at radius 3 is 2.00 bits per heavy atom. The molecule has 8 heteroatoms. The van der Waals surface area contributed by atoms with Gasteiger partial charge in [0.2, 0.25) is 0 Å². The second-order valence-corrected chi connectivity index (χ2v) is 6.34. The summed E-state index contributed by atoms with van der Waals surface area (Å²) in [5.41, 5.74) is 8.72. The Morgan fingerprint density at radius 2 is 1.61 bits per heavy atom. The Hall–Kier alpha value is -2.29. The number of halogens is 3. The molecule has 1 atom stereocenters. The van der Waals surface area contributed by atoms with Crippen LogP contribution < -0.4 is 15.2 Å². The van der Waals surface area contributed by atoms with Gasteiger partial charge in [-0.2, -0.15) is 0 Å². The third-order valence-electron chi connectivity index (χ3n) is 3.98. The van der Waals surface area contributed by atoms with Crippen LogP contribution in [0.25, 0.3) is 11.1 Å². The van der Waals surface area contributed by atoms with Gasteiger partial charge in [-0.3, -0.25) is 0 Å². The molecule has 4 N–H and O–H groups in total. The summed E-state index contributed by atoms with van der Waals surface area (Å²) in [4.78, 5) is 0. The van der Waals surface area contributed by atoms with E-state index in [2.05, 4.69) is 18.6 Å². The molecule has 1 unspecified atom stereocenters.